The van der Waals surface area contributed by atoms with Crippen molar-refractivity contribution in [1.29, 1.82) is 0 Å². The van der Waals surface area contributed by atoms with Gasteiger partial charge in [-0.2, -0.15) is 0 Å². The van der Waals surface area contributed by atoms with Gasteiger partial charge >= 0.3 is 0 Å². The topological polar surface area (TPSA) is 19.6 Å². The fourth-order valence-corrected chi connectivity index (χ4v) is 13.3. The summed E-state index contributed by atoms with van der Waals surface area (Å²) in [6.07, 6.45) is 4.57. The monoisotopic (exact) mass is 959 g/mol. The highest BCUT2D eigenvalue weighted by molar-refractivity contribution is 7.00. The van der Waals surface area contributed by atoms with Crippen molar-refractivity contribution >= 4 is 68.4 Å². The molecular weight excluding hydrogens is 884 g/mol. The van der Waals surface area contributed by atoms with E-state index in [2.05, 4.69) is 247 Å². The average molecular weight is 959 g/mol. The summed E-state index contributed by atoms with van der Waals surface area (Å²) in [5, 5.41) is 1.20. The predicted molar refractivity (Wildman–Crippen MR) is 314 cm³/mol. The summed E-state index contributed by atoms with van der Waals surface area (Å²) < 4.78 is 7.74. The van der Waals surface area contributed by atoms with Crippen molar-refractivity contribution in [3.63, 3.8) is 0 Å². The molecule has 0 atom stereocenters. The third kappa shape index (κ3) is 7.42. The standard InChI is InChI=1S/C69H75BN2O/c1-42-34-57-60-58(35-42)72(61-48(43-22-18-16-19-23-43)36-46(65(5,6)7)37-49(61)44-24-20-17-21-25-44)56-40-53-52(67(10,11)31-32-68(53,12)13)39-55(56)70(60)63-62(71(57)47-28-26-45(27-29-47)64(2,3)4)50-38-51-54(41-59(50)73-63)69(14,15)33-30-66(51,8)9/h16-29,34-41H,30-33H2,1-15H3. The van der Waals surface area contributed by atoms with Gasteiger partial charge in [0.05, 0.1) is 17.0 Å². The molecule has 0 fully saturated rings. The second-order valence-corrected chi connectivity index (χ2v) is 27.2. The number of anilines is 6. The molecule has 4 aliphatic rings. The van der Waals surface area contributed by atoms with Gasteiger partial charge in [0.15, 0.2) is 0 Å². The first kappa shape index (κ1) is 47.7. The summed E-state index contributed by atoms with van der Waals surface area (Å²) in [4.78, 5) is 5.31. The first-order valence-corrected chi connectivity index (χ1v) is 27.3. The van der Waals surface area contributed by atoms with E-state index in [4.69, 9.17) is 4.42 Å². The van der Waals surface area contributed by atoms with Gasteiger partial charge in [-0.25, -0.2) is 0 Å². The number of hydrogen-bond acceptors (Lipinski definition) is 3. The van der Waals surface area contributed by atoms with Gasteiger partial charge in [0.1, 0.15) is 5.58 Å². The number of benzene rings is 7. The molecule has 12 rings (SSSR count). The Hall–Kier alpha value is -6.26. The van der Waals surface area contributed by atoms with E-state index in [0.717, 1.165) is 42.6 Å². The summed E-state index contributed by atoms with van der Waals surface area (Å²) in [7, 11) is 0. The average Bonchev–Trinajstić information content (AvgIpc) is 3.71. The van der Waals surface area contributed by atoms with Crippen LogP contribution in [0.15, 0.2) is 138 Å². The Kier molecular flexibility index (Phi) is 10.4. The predicted octanol–water partition coefficient (Wildman–Crippen LogP) is 17.5. The number of hydrogen-bond donors (Lipinski definition) is 0. The number of fused-ring (bicyclic) bond motifs is 8. The van der Waals surface area contributed by atoms with Crippen molar-refractivity contribution < 1.29 is 4.42 Å². The van der Waals surface area contributed by atoms with Crippen LogP contribution in [0.3, 0.4) is 0 Å². The van der Waals surface area contributed by atoms with E-state index in [1.807, 2.05) is 0 Å². The second kappa shape index (κ2) is 15.9. The maximum Gasteiger partial charge on any atom is 0.297 e. The maximum atomic E-state index is 7.74. The first-order chi connectivity index (χ1) is 34.3. The van der Waals surface area contributed by atoms with Gasteiger partial charge in [-0.3, -0.25) is 0 Å². The largest absolute Gasteiger partial charge is 0.468 e. The van der Waals surface area contributed by atoms with E-state index in [1.54, 1.807) is 0 Å². The molecule has 1 aromatic heterocycles. The van der Waals surface area contributed by atoms with E-state index in [9.17, 15) is 0 Å². The molecule has 0 unspecified atom stereocenters. The molecule has 3 heterocycles. The van der Waals surface area contributed by atoms with Crippen LogP contribution in [0.25, 0.3) is 33.2 Å². The number of aryl methyl sites for hydroxylation is 1. The van der Waals surface area contributed by atoms with Crippen LogP contribution in [0.4, 0.5) is 34.1 Å². The Bertz CT molecular complexity index is 3480. The van der Waals surface area contributed by atoms with Gasteiger partial charge < -0.3 is 14.2 Å². The Morgan fingerprint density at radius 2 is 0.932 bits per heavy atom. The summed E-state index contributed by atoms with van der Waals surface area (Å²) in [5.74, 6) is 0. The molecule has 8 aromatic rings. The minimum absolute atomic E-state index is 0.0116. The van der Waals surface area contributed by atoms with E-state index in [1.165, 1.54) is 106 Å². The van der Waals surface area contributed by atoms with Gasteiger partial charge in [0.25, 0.3) is 6.71 Å². The van der Waals surface area contributed by atoms with Crippen LogP contribution in [0.2, 0.25) is 0 Å². The minimum Gasteiger partial charge on any atom is -0.468 e. The molecule has 0 saturated heterocycles. The lowest BCUT2D eigenvalue weighted by Gasteiger charge is -2.47. The van der Waals surface area contributed by atoms with E-state index >= 15 is 0 Å². The molecule has 0 bridgehead atoms. The molecule has 73 heavy (non-hydrogen) atoms. The van der Waals surface area contributed by atoms with Gasteiger partial charge in [0, 0.05) is 39.3 Å². The zero-order valence-electron chi connectivity index (χ0n) is 46.4. The first-order valence-electron chi connectivity index (χ1n) is 27.3. The van der Waals surface area contributed by atoms with Crippen LogP contribution in [0.5, 0.6) is 0 Å². The quantitative estimate of drug-likeness (QED) is 0.164. The molecule has 4 heteroatoms. The van der Waals surface area contributed by atoms with Crippen molar-refractivity contribution in [2.24, 2.45) is 0 Å². The van der Waals surface area contributed by atoms with E-state index < -0.39 is 0 Å². The lowest BCUT2D eigenvalue weighted by Crippen LogP contribution is -2.61. The van der Waals surface area contributed by atoms with E-state index in [-0.39, 0.29) is 39.2 Å². The highest BCUT2D eigenvalue weighted by Gasteiger charge is 2.50. The number of furan rings is 1. The Morgan fingerprint density at radius 1 is 0.466 bits per heavy atom. The Morgan fingerprint density at radius 3 is 1.44 bits per heavy atom. The zero-order chi connectivity index (χ0) is 51.5. The lowest BCUT2D eigenvalue weighted by molar-refractivity contribution is 0.332. The fraction of sp³-hybridized carbons (Fsp3) is 0.362. The van der Waals surface area contributed by atoms with Crippen LogP contribution in [0.1, 0.15) is 162 Å². The molecule has 0 radical (unpaired) electrons. The third-order valence-corrected chi connectivity index (χ3v) is 18.1. The maximum absolute atomic E-state index is 7.74. The lowest BCUT2D eigenvalue weighted by atomic mass is 9.35. The Labute approximate surface area is 437 Å². The molecule has 7 aromatic carbocycles. The van der Waals surface area contributed by atoms with Crippen LogP contribution < -0.4 is 26.4 Å². The Balaban J connectivity index is 1.26. The third-order valence-electron chi connectivity index (χ3n) is 18.1. The highest BCUT2D eigenvalue weighted by Crippen LogP contribution is 2.56. The normalized spacial score (nSPS) is 17.9. The number of nitrogens with zero attached hydrogens (tertiary/aromatic N) is 2. The molecule has 0 saturated carbocycles. The van der Waals surface area contributed by atoms with Crippen molar-refractivity contribution in [2.75, 3.05) is 9.80 Å². The van der Waals surface area contributed by atoms with Crippen LogP contribution in [-0.4, -0.2) is 6.71 Å². The molecule has 3 nitrogen and oxygen atoms in total. The fourth-order valence-electron chi connectivity index (χ4n) is 13.3. The second-order valence-electron chi connectivity index (χ2n) is 27.2. The van der Waals surface area contributed by atoms with Gasteiger partial charge in [-0.15, -0.1) is 0 Å². The van der Waals surface area contributed by atoms with Crippen molar-refractivity contribution in [1.82, 2.24) is 0 Å². The van der Waals surface area contributed by atoms with Crippen molar-refractivity contribution in [3.05, 3.63) is 172 Å². The SMILES string of the molecule is Cc1cc2c3c(c1)N(c1ccc(C(C)(C)C)cc1)c1c(oc4cc5c(cc14)C(C)(C)CCC5(C)C)B3c1cc3c(cc1N2c1c(-c2ccccc2)cc(C(C)(C)C)cc1-c1ccccc1)C(C)(C)CCC3(C)C. The zero-order valence-corrected chi connectivity index (χ0v) is 46.4. The molecule has 0 amide bonds. The summed E-state index contributed by atoms with van der Waals surface area (Å²) in [6, 6.07) is 52.0. The molecular formula is C69H75BN2O. The van der Waals surface area contributed by atoms with Gasteiger partial charge in [-0.1, -0.05) is 176 Å². The minimum atomic E-state index is -0.164. The highest BCUT2D eigenvalue weighted by atomic mass is 16.3. The summed E-state index contributed by atoms with van der Waals surface area (Å²) in [6.45, 7) is 35.8. The summed E-state index contributed by atoms with van der Waals surface area (Å²) in [5.41, 5.74) is 26.3. The number of rotatable bonds is 4. The van der Waals surface area contributed by atoms with Crippen LogP contribution in [-0.2, 0) is 32.5 Å². The van der Waals surface area contributed by atoms with Gasteiger partial charge in [-0.05, 0) is 181 Å². The molecule has 0 N–H and O–H groups in total. The molecule has 370 valence electrons. The van der Waals surface area contributed by atoms with E-state index in [0.29, 0.717) is 0 Å². The van der Waals surface area contributed by atoms with Crippen LogP contribution >= 0.6 is 0 Å². The molecule has 2 aliphatic carbocycles. The van der Waals surface area contributed by atoms with Crippen LogP contribution in [0, 0.1) is 6.92 Å². The van der Waals surface area contributed by atoms with Crippen molar-refractivity contribution in [2.45, 2.75) is 162 Å². The molecule has 0 spiro atoms. The molecule has 2 aliphatic heterocycles. The van der Waals surface area contributed by atoms with Crippen molar-refractivity contribution in [3.8, 4) is 22.3 Å². The summed E-state index contributed by atoms with van der Waals surface area (Å²) >= 11 is 0. The van der Waals surface area contributed by atoms with Gasteiger partial charge in [0.2, 0.25) is 0 Å². The smallest absolute Gasteiger partial charge is 0.297 e.